The van der Waals surface area contributed by atoms with Crippen LogP contribution in [0.2, 0.25) is 0 Å². The van der Waals surface area contributed by atoms with Crippen molar-refractivity contribution in [1.29, 1.82) is 0 Å². The van der Waals surface area contributed by atoms with Gasteiger partial charge in [-0.05, 0) is 44.7 Å². The summed E-state index contributed by atoms with van der Waals surface area (Å²) in [5, 5.41) is 20.6. The fourth-order valence-corrected chi connectivity index (χ4v) is 5.49. The second kappa shape index (κ2) is 15.6. The van der Waals surface area contributed by atoms with Crippen LogP contribution in [0.1, 0.15) is 49.5 Å². The molecule has 5 rings (SSSR count). The number of hydrogen-bond acceptors (Lipinski definition) is 11. The number of likely N-dealkylation sites (tertiary alicyclic amines) is 1. The molecule has 17 heteroatoms. The fraction of sp³-hybridized carbons (Fsp3) is 0.516. The molecule has 2 aromatic rings. The maximum Gasteiger partial charge on any atom is 0.527 e. The number of benzene rings is 1. The van der Waals surface area contributed by atoms with Crippen molar-refractivity contribution in [2.75, 3.05) is 45.9 Å². The first kappa shape index (κ1) is 34.2. The van der Waals surface area contributed by atoms with Crippen molar-refractivity contribution in [2.45, 2.75) is 57.2 Å². The molecule has 17 nitrogen and oxygen atoms in total. The Bertz CT molecular complexity index is 1500. The zero-order valence-electron chi connectivity index (χ0n) is 26.5. The molecule has 4 amide bonds. The van der Waals surface area contributed by atoms with Crippen LogP contribution < -0.4 is 15.4 Å². The van der Waals surface area contributed by atoms with Gasteiger partial charge in [-0.2, -0.15) is 5.10 Å². The van der Waals surface area contributed by atoms with E-state index in [1.807, 2.05) is 0 Å². The van der Waals surface area contributed by atoms with E-state index >= 15 is 0 Å². The number of nitrogens with zero attached hydrogens (tertiary/aromatic N) is 5. The molecule has 258 valence electrons. The third-order valence-electron chi connectivity index (χ3n) is 8.05. The van der Waals surface area contributed by atoms with Crippen LogP contribution in [0.3, 0.4) is 0 Å². The summed E-state index contributed by atoms with van der Waals surface area (Å²) in [6.07, 6.45) is 1.56. The molecule has 0 radical (unpaired) electrons. The topological polar surface area (TPSA) is 202 Å². The molecular formula is C31H39N7O10. The number of aliphatic carboxylic acids is 1. The number of carboxylic acid groups (broad SMARTS) is 1. The number of carbonyl (C=O) groups is 6. The van der Waals surface area contributed by atoms with E-state index in [1.165, 1.54) is 25.6 Å². The van der Waals surface area contributed by atoms with Crippen molar-refractivity contribution in [3.05, 3.63) is 42.1 Å². The number of ether oxygens (including phenoxy) is 2. The Kier molecular flexibility index (Phi) is 11.1. The van der Waals surface area contributed by atoms with E-state index in [0.717, 1.165) is 12.8 Å². The summed E-state index contributed by atoms with van der Waals surface area (Å²) < 4.78 is 11.9. The Morgan fingerprint density at radius 2 is 1.73 bits per heavy atom. The summed E-state index contributed by atoms with van der Waals surface area (Å²) in [6.45, 7) is 2.31. The van der Waals surface area contributed by atoms with Crippen LogP contribution in [0.15, 0.2) is 36.4 Å². The number of nitrogens with one attached hydrogen (secondary N) is 2. The Labute approximate surface area is 276 Å². The molecule has 3 fully saturated rings. The van der Waals surface area contributed by atoms with Crippen LogP contribution in [0.25, 0.3) is 5.69 Å². The SMILES string of the molecule is CCOC(=O)ON1CCN(C(=O)[C@H](CC(=O)O)NC(=O)c2cc(OCC(=O)N3CCC[C@H]3C(=O)NC3CC3)n(-c3ccccc3)n2)CC1. The van der Waals surface area contributed by atoms with Gasteiger partial charge in [-0.1, -0.05) is 18.2 Å². The van der Waals surface area contributed by atoms with E-state index in [-0.39, 0.29) is 56.3 Å². The summed E-state index contributed by atoms with van der Waals surface area (Å²) in [5.74, 6) is -3.28. The predicted molar refractivity (Wildman–Crippen MR) is 165 cm³/mol. The molecule has 1 aromatic carbocycles. The van der Waals surface area contributed by atoms with Gasteiger partial charge in [0.2, 0.25) is 17.7 Å². The standard InChI is InChI=1S/C31H39N7O10/c1-2-46-31(45)48-36-15-13-35(14-16-36)30(44)23(18-27(40)41)33-28(42)22-17-26(38(34-22)21-7-4-3-5-8-21)47-19-25(39)37-12-6-9-24(37)29(43)32-20-10-11-20/h3-5,7-8,17,20,23-24H,2,6,9-16,18-19H2,1H3,(H,32,43)(H,33,42)(H,40,41)/t23-,24-/m0/s1. The first-order chi connectivity index (χ1) is 23.1. The number of piperazine rings is 1. The molecule has 1 saturated carbocycles. The summed E-state index contributed by atoms with van der Waals surface area (Å²) >= 11 is 0. The molecule has 2 atom stereocenters. The van der Waals surface area contributed by atoms with Crippen molar-refractivity contribution in [3.8, 4) is 11.6 Å². The van der Waals surface area contributed by atoms with Gasteiger partial charge in [0.1, 0.15) is 12.1 Å². The number of rotatable bonds is 13. The van der Waals surface area contributed by atoms with Crippen LogP contribution in [0.5, 0.6) is 5.88 Å². The third kappa shape index (κ3) is 8.78. The Hall–Kier alpha value is -5.19. The Balaban J connectivity index is 1.26. The molecule has 48 heavy (non-hydrogen) atoms. The van der Waals surface area contributed by atoms with E-state index in [2.05, 4.69) is 15.7 Å². The molecule has 1 aliphatic carbocycles. The van der Waals surface area contributed by atoms with Crippen molar-refractivity contribution in [3.63, 3.8) is 0 Å². The second-order valence-corrected chi connectivity index (χ2v) is 11.6. The van der Waals surface area contributed by atoms with E-state index in [0.29, 0.717) is 25.1 Å². The van der Waals surface area contributed by atoms with Crippen molar-refractivity contribution in [1.82, 2.24) is 35.3 Å². The van der Waals surface area contributed by atoms with Crippen LogP contribution in [-0.2, 0) is 28.8 Å². The smallest absolute Gasteiger partial charge is 0.481 e. The maximum absolute atomic E-state index is 13.4. The normalized spacial score (nSPS) is 18.5. The largest absolute Gasteiger partial charge is 0.527 e. The van der Waals surface area contributed by atoms with Crippen LogP contribution >= 0.6 is 0 Å². The molecular weight excluding hydrogens is 630 g/mol. The maximum atomic E-state index is 13.4. The monoisotopic (exact) mass is 669 g/mol. The quantitative estimate of drug-likeness (QED) is 0.247. The number of aromatic nitrogens is 2. The van der Waals surface area contributed by atoms with Crippen molar-refractivity contribution < 1.29 is 48.2 Å². The van der Waals surface area contributed by atoms with Gasteiger partial charge in [0.15, 0.2) is 12.3 Å². The van der Waals surface area contributed by atoms with Crippen LogP contribution in [0, 0.1) is 0 Å². The number of carboxylic acids is 1. The average Bonchev–Trinajstić information content (AvgIpc) is 3.56. The minimum Gasteiger partial charge on any atom is -0.481 e. The van der Waals surface area contributed by atoms with Gasteiger partial charge < -0.3 is 39.9 Å². The minimum absolute atomic E-state index is 0.0525. The first-order valence-electron chi connectivity index (χ1n) is 15.9. The number of para-hydroxylation sites is 1. The molecule has 3 heterocycles. The van der Waals surface area contributed by atoms with Crippen molar-refractivity contribution in [2.24, 2.45) is 0 Å². The lowest BCUT2D eigenvalue weighted by Gasteiger charge is -2.34. The number of amides is 4. The predicted octanol–water partition coefficient (Wildman–Crippen LogP) is 0.326. The molecule has 2 aliphatic heterocycles. The highest BCUT2D eigenvalue weighted by Gasteiger charge is 2.37. The zero-order chi connectivity index (χ0) is 34.2. The van der Waals surface area contributed by atoms with Crippen molar-refractivity contribution >= 4 is 35.8 Å². The van der Waals surface area contributed by atoms with Gasteiger partial charge in [-0.25, -0.2) is 9.48 Å². The Morgan fingerprint density at radius 3 is 2.40 bits per heavy atom. The Morgan fingerprint density at radius 1 is 1.00 bits per heavy atom. The molecule has 3 aliphatic rings. The first-order valence-corrected chi connectivity index (χ1v) is 15.9. The van der Waals surface area contributed by atoms with Gasteiger partial charge in [-0.15, -0.1) is 5.06 Å². The third-order valence-corrected chi connectivity index (χ3v) is 8.05. The number of carbonyl (C=O) groups excluding carboxylic acids is 5. The lowest BCUT2D eigenvalue weighted by atomic mass is 10.1. The van der Waals surface area contributed by atoms with Gasteiger partial charge in [-0.3, -0.25) is 24.0 Å². The molecule has 0 bridgehead atoms. The van der Waals surface area contributed by atoms with E-state index in [9.17, 15) is 33.9 Å². The summed E-state index contributed by atoms with van der Waals surface area (Å²) in [7, 11) is 0. The van der Waals surface area contributed by atoms with E-state index in [4.69, 9.17) is 14.3 Å². The van der Waals surface area contributed by atoms with Gasteiger partial charge in [0.25, 0.3) is 11.8 Å². The zero-order valence-corrected chi connectivity index (χ0v) is 26.5. The van der Waals surface area contributed by atoms with Gasteiger partial charge in [0, 0.05) is 31.7 Å². The summed E-state index contributed by atoms with van der Waals surface area (Å²) in [5.41, 5.74) is 0.336. The van der Waals surface area contributed by atoms with E-state index < -0.39 is 55.0 Å². The van der Waals surface area contributed by atoms with E-state index in [1.54, 1.807) is 37.3 Å². The fourth-order valence-electron chi connectivity index (χ4n) is 5.49. The van der Waals surface area contributed by atoms with Crippen LogP contribution in [-0.4, -0.2) is 130 Å². The second-order valence-electron chi connectivity index (χ2n) is 11.6. The number of hydroxylamine groups is 2. The molecule has 0 spiro atoms. The highest BCUT2D eigenvalue weighted by molar-refractivity contribution is 5.97. The summed E-state index contributed by atoms with van der Waals surface area (Å²) in [6, 6.07) is 8.18. The van der Waals surface area contributed by atoms with Gasteiger partial charge >= 0.3 is 12.1 Å². The molecule has 1 aromatic heterocycles. The highest BCUT2D eigenvalue weighted by atomic mass is 16.8. The van der Waals surface area contributed by atoms with Gasteiger partial charge in [0.05, 0.1) is 31.8 Å². The minimum atomic E-state index is -1.42. The summed E-state index contributed by atoms with van der Waals surface area (Å²) in [4.78, 5) is 83.8. The number of hydrogen-bond donors (Lipinski definition) is 3. The lowest BCUT2D eigenvalue weighted by molar-refractivity contribution is -0.158. The molecule has 3 N–H and O–H groups in total. The molecule has 2 saturated heterocycles. The molecule has 0 unspecified atom stereocenters. The van der Waals surface area contributed by atoms with Crippen LogP contribution in [0.4, 0.5) is 4.79 Å². The average molecular weight is 670 g/mol. The lowest BCUT2D eigenvalue weighted by Crippen LogP contribution is -2.55. The highest BCUT2D eigenvalue weighted by Crippen LogP contribution is 2.24.